The largest absolute Gasteiger partial charge is 0.393 e. The minimum Gasteiger partial charge on any atom is -0.393 e. The number of piperidine rings is 1. The van der Waals surface area contributed by atoms with Crippen molar-refractivity contribution in [1.82, 2.24) is 0 Å². The molecule has 3 heteroatoms. The molecule has 2 aromatic rings. The van der Waals surface area contributed by atoms with Crippen LogP contribution in [0.5, 0.6) is 0 Å². The van der Waals surface area contributed by atoms with E-state index in [1.165, 1.54) is 16.5 Å². The molecule has 0 aliphatic carbocycles. The summed E-state index contributed by atoms with van der Waals surface area (Å²) in [7, 11) is 0. The van der Waals surface area contributed by atoms with Crippen molar-refractivity contribution in [1.29, 1.82) is 0 Å². The molecule has 0 amide bonds. The second-order valence-corrected chi connectivity index (χ2v) is 6.58. The van der Waals surface area contributed by atoms with Gasteiger partial charge in [0.2, 0.25) is 0 Å². The van der Waals surface area contributed by atoms with E-state index >= 15 is 0 Å². The van der Waals surface area contributed by atoms with E-state index in [4.69, 9.17) is 0 Å². The number of hydrogen-bond acceptors (Lipinski definition) is 3. The first-order valence-electron chi connectivity index (χ1n) is 7.79. The third kappa shape index (κ3) is 2.03. The highest BCUT2D eigenvalue weighted by Gasteiger charge is 2.47. The van der Waals surface area contributed by atoms with Crippen molar-refractivity contribution >= 4 is 16.5 Å². The summed E-state index contributed by atoms with van der Waals surface area (Å²) in [5, 5.41) is 22.5. The van der Waals surface area contributed by atoms with Crippen molar-refractivity contribution in [2.75, 3.05) is 11.5 Å². The van der Waals surface area contributed by atoms with Crippen LogP contribution in [0.2, 0.25) is 0 Å². The third-order valence-corrected chi connectivity index (χ3v) is 5.19. The van der Waals surface area contributed by atoms with Gasteiger partial charge < -0.3 is 15.1 Å². The van der Waals surface area contributed by atoms with Gasteiger partial charge in [0, 0.05) is 23.2 Å². The van der Waals surface area contributed by atoms with Crippen LogP contribution in [0.3, 0.4) is 0 Å². The number of benzene rings is 2. The lowest BCUT2D eigenvalue weighted by Gasteiger charge is -2.44. The maximum absolute atomic E-state index is 10.5. The molecule has 4 rings (SSSR count). The van der Waals surface area contributed by atoms with Crippen molar-refractivity contribution in [3.8, 4) is 0 Å². The Morgan fingerprint density at radius 3 is 2.38 bits per heavy atom. The summed E-state index contributed by atoms with van der Waals surface area (Å²) in [4.78, 5) is 2.49. The Labute approximate surface area is 124 Å². The zero-order valence-corrected chi connectivity index (χ0v) is 12.1. The monoisotopic (exact) mass is 283 g/mol. The lowest BCUT2D eigenvalue weighted by atomic mass is 9.86. The molecule has 2 bridgehead atoms. The fourth-order valence-corrected chi connectivity index (χ4v) is 4.28. The molecule has 21 heavy (non-hydrogen) atoms. The molecule has 2 heterocycles. The summed E-state index contributed by atoms with van der Waals surface area (Å²) in [6.45, 7) is -0.122. The zero-order chi connectivity index (χ0) is 14.4. The van der Waals surface area contributed by atoms with Gasteiger partial charge in [-0.2, -0.15) is 0 Å². The van der Waals surface area contributed by atoms with E-state index in [0.717, 1.165) is 12.8 Å². The SMILES string of the molecule is OCC1(O)CC2CCC(C1)N2c1cccc2ccccc12. The topological polar surface area (TPSA) is 43.7 Å². The predicted molar refractivity (Wildman–Crippen MR) is 84.5 cm³/mol. The number of fused-ring (bicyclic) bond motifs is 3. The standard InChI is InChI=1S/C18H21NO2/c20-12-18(21)10-14-8-9-15(11-18)19(14)17-7-3-5-13-4-1-2-6-16(13)17/h1-7,14-15,20-21H,8-12H2. The predicted octanol–water partition coefficient (Wildman–Crippen LogP) is 2.69. The molecule has 2 fully saturated rings. The van der Waals surface area contributed by atoms with E-state index in [1.807, 2.05) is 0 Å². The first-order chi connectivity index (χ1) is 10.2. The van der Waals surface area contributed by atoms with E-state index < -0.39 is 5.60 Å². The van der Waals surface area contributed by atoms with Crippen LogP contribution in [-0.4, -0.2) is 34.5 Å². The third-order valence-electron chi connectivity index (χ3n) is 5.19. The van der Waals surface area contributed by atoms with Crippen molar-refractivity contribution in [2.24, 2.45) is 0 Å². The summed E-state index contributed by atoms with van der Waals surface area (Å²) < 4.78 is 0. The molecule has 3 nitrogen and oxygen atoms in total. The average Bonchev–Trinajstić information content (AvgIpc) is 2.79. The number of anilines is 1. The van der Waals surface area contributed by atoms with Gasteiger partial charge >= 0.3 is 0 Å². The average molecular weight is 283 g/mol. The quantitative estimate of drug-likeness (QED) is 0.890. The molecular weight excluding hydrogens is 262 g/mol. The number of nitrogens with zero attached hydrogens (tertiary/aromatic N) is 1. The van der Waals surface area contributed by atoms with Gasteiger partial charge in [-0.15, -0.1) is 0 Å². The lowest BCUT2D eigenvalue weighted by Crippen LogP contribution is -2.52. The minimum atomic E-state index is -0.882. The van der Waals surface area contributed by atoms with Gasteiger partial charge in [-0.1, -0.05) is 36.4 Å². The Kier molecular flexibility index (Phi) is 2.95. The molecule has 2 aliphatic rings. The van der Waals surface area contributed by atoms with Crippen LogP contribution in [0, 0.1) is 0 Å². The van der Waals surface area contributed by atoms with Gasteiger partial charge in [-0.05, 0) is 37.1 Å². The van der Waals surface area contributed by atoms with Crippen LogP contribution in [0.4, 0.5) is 5.69 Å². The lowest BCUT2D eigenvalue weighted by molar-refractivity contribution is -0.0436. The van der Waals surface area contributed by atoms with Gasteiger partial charge in [0.25, 0.3) is 0 Å². The second kappa shape index (κ2) is 4.72. The van der Waals surface area contributed by atoms with Crippen molar-refractivity contribution in [3.63, 3.8) is 0 Å². The smallest absolute Gasteiger partial charge is 0.0916 e. The van der Waals surface area contributed by atoms with E-state index in [2.05, 4.69) is 47.4 Å². The summed E-state index contributed by atoms with van der Waals surface area (Å²) in [5.74, 6) is 0. The maximum atomic E-state index is 10.5. The van der Waals surface area contributed by atoms with Gasteiger partial charge in [-0.3, -0.25) is 0 Å². The molecule has 0 saturated carbocycles. The minimum absolute atomic E-state index is 0.122. The molecule has 2 unspecified atom stereocenters. The van der Waals surface area contributed by atoms with Crippen molar-refractivity contribution in [3.05, 3.63) is 42.5 Å². The molecule has 0 spiro atoms. The molecule has 2 N–H and O–H groups in total. The van der Waals surface area contributed by atoms with Crippen LogP contribution in [-0.2, 0) is 0 Å². The zero-order valence-electron chi connectivity index (χ0n) is 12.1. The molecule has 110 valence electrons. The van der Waals surface area contributed by atoms with E-state index in [9.17, 15) is 10.2 Å². The van der Waals surface area contributed by atoms with E-state index in [-0.39, 0.29) is 6.61 Å². The fourth-order valence-electron chi connectivity index (χ4n) is 4.28. The number of hydrogen-bond donors (Lipinski definition) is 2. The van der Waals surface area contributed by atoms with Gasteiger partial charge in [0.1, 0.15) is 0 Å². The molecule has 2 saturated heterocycles. The summed E-state index contributed by atoms with van der Waals surface area (Å²) in [6, 6.07) is 15.6. The van der Waals surface area contributed by atoms with Crippen LogP contribution in [0.15, 0.2) is 42.5 Å². The molecule has 0 aromatic heterocycles. The first-order valence-corrected chi connectivity index (χ1v) is 7.79. The van der Waals surface area contributed by atoms with Crippen LogP contribution >= 0.6 is 0 Å². The maximum Gasteiger partial charge on any atom is 0.0916 e. The second-order valence-electron chi connectivity index (χ2n) is 6.58. The Hall–Kier alpha value is -1.58. The van der Waals surface area contributed by atoms with Crippen molar-refractivity contribution in [2.45, 2.75) is 43.4 Å². The van der Waals surface area contributed by atoms with Crippen LogP contribution in [0.25, 0.3) is 10.8 Å². The Morgan fingerprint density at radius 1 is 1.00 bits per heavy atom. The van der Waals surface area contributed by atoms with E-state index in [0.29, 0.717) is 24.9 Å². The number of rotatable bonds is 2. The Balaban J connectivity index is 1.77. The summed E-state index contributed by atoms with van der Waals surface area (Å²) in [6.07, 6.45) is 3.55. The normalized spacial score (nSPS) is 31.8. The Bertz CT molecular complexity index is 650. The molecule has 2 atom stereocenters. The number of aliphatic hydroxyl groups excluding tert-OH is 1. The fraction of sp³-hybridized carbons (Fsp3) is 0.444. The van der Waals surface area contributed by atoms with Crippen LogP contribution < -0.4 is 4.90 Å². The van der Waals surface area contributed by atoms with Gasteiger partial charge in [0.05, 0.1) is 12.2 Å². The van der Waals surface area contributed by atoms with Crippen LogP contribution in [0.1, 0.15) is 25.7 Å². The molecule has 2 aromatic carbocycles. The van der Waals surface area contributed by atoms with Crippen molar-refractivity contribution < 1.29 is 10.2 Å². The molecule has 0 radical (unpaired) electrons. The summed E-state index contributed by atoms with van der Waals surface area (Å²) >= 11 is 0. The highest BCUT2D eigenvalue weighted by atomic mass is 16.3. The highest BCUT2D eigenvalue weighted by Crippen LogP contribution is 2.44. The first kappa shape index (κ1) is 13.1. The van der Waals surface area contributed by atoms with E-state index in [1.54, 1.807) is 0 Å². The molecule has 2 aliphatic heterocycles. The summed E-state index contributed by atoms with van der Waals surface area (Å²) in [5.41, 5.74) is 0.396. The Morgan fingerprint density at radius 2 is 1.67 bits per heavy atom. The van der Waals surface area contributed by atoms with Gasteiger partial charge in [0.15, 0.2) is 0 Å². The molecular formula is C18H21NO2. The highest BCUT2D eigenvalue weighted by molar-refractivity contribution is 5.94. The number of aliphatic hydroxyl groups is 2. The van der Waals surface area contributed by atoms with Gasteiger partial charge in [-0.25, -0.2) is 0 Å².